The van der Waals surface area contributed by atoms with Crippen LogP contribution >= 0.6 is 0 Å². The molecule has 0 unspecified atom stereocenters. The Morgan fingerprint density at radius 1 is 1.28 bits per heavy atom. The molecule has 0 aliphatic carbocycles. The first-order valence-corrected chi connectivity index (χ1v) is 5.68. The number of anilines is 1. The van der Waals surface area contributed by atoms with Crippen molar-refractivity contribution in [3.8, 4) is 11.4 Å². The first-order valence-electron chi connectivity index (χ1n) is 5.68. The molecule has 0 spiro atoms. The van der Waals surface area contributed by atoms with Gasteiger partial charge in [0.2, 0.25) is 0 Å². The number of nitrogens with zero attached hydrogens (tertiary/aromatic N) is 4. The van der Waals surface area contributed by atoms with Crippen LogP contribution in [0, 0.1) is 11.2 Å². The van der Waals surface area contributed by atoms with Gasteiger partial charge >= 0.3 is 0 Å². The van der Waals surface area contributed by atoms with Gasteiger partial charge in [-0.15, -0.1) is 5.10 Å². The molecule has 6 heteroatoms. The van der Waals surface area contributed by atoms with Crippen molar-refractivity contribution in [2.75, 3.05) is 5.73 Å². The zero-order valence-electron chi connectivity index (χ0n) is 10.7. The van der Waals surface area contributed by atoms with E-state index >= 15 is 0 Å². The van der Waals surface area contributed by atoms with E-state index in [-0.39, 0.29) is 5.41 Å². The van der Waals surface area contributed by atoms with Gasteiger partial charge in [0.25, 0.3) is 0 Å². The largest absolute Gasteiger partial charge is 0.399 e. The van der Waals surface area contributed by atoms with Crippen molar-refractivity contribution < 1.29 is 4.39 Å². The van der Waals surface area contributed by atoms with E-state index in [4.69, 9.17) is 5.73 Å². The summed E-state index contributed by atoms with van der Waals surface area (Å²) in [6.07, 6.45) is 0. The third kappa shape index (κ3) is 2.82. The SMILES string of the molecule is CC(C)(C)Cn1nnnc1-c1cc(N)cc(F)c1. The maximum atomic E-state index is 13.3. The summed E-state index contributed by atoms with van der Waals surface area (Å²) < 4.78 is 15.0. The molecule has 0 saturated heterocycles. The predicted molar refractivity (Wildman–Crippen MR) is 67.1 cm³/mol. The summed E-state index contributed by atoms with van der Waals surface area (Å²) >= 11 is 0. The average molecular weight is 249 g/mol. The maximum Gasteiger partial charge on any atom is 0.182 e. The van der Waals surface area contributed by atoms with E-state index in [0.29, 0.717) is 23.6 Å². The molecule has 0 aliphatic heterocycles. The van der Waals surface area contributed by atoms with E-state index < -0.39 is 5.82 Å². The van der Waals surface area contributed by atoms with Gasteiger partial charge in [-0.25, -0.2) is 9.07 Å². The van der Waals surface area contributed by atoms with Crippen LogP contribution < -0.4 is 5.73 Å². The van der Waals surface area contributed by atoms with Gasteiger partial charge in [-0.1, -0.05) is 20.8 Å². The summed E-state index contributed by atoms with van der Waals surface area (Å²) in [6, 6.07) is 4.30. The molecule has 2 N–H and O–H groups in total. The lowest BCUT2D eigenvalue weighted by atomic mass is 9.97. The Labute approximate surface area is 105 Å². The fourth-order valence-electron chi connectivity index (χ4n) is 1.71. The molecule has 0 aliphatic rings. The first-order chi connectivity index (χ1) is 8.35. The molecule has 0 bridgehead atoms. The highest BCUT2D eigenvalue weighted by molar-refractivity contribution is 5.61. The van der Waals surface area contributed by atoms with Crippen LogP contribution in [0.25, 0.3) is 11.4 Å². The third-order valence-electron chi connectivity index (χ3n) is 2.33. The van der Waals surface area contributed by atoms with Crippen molar-refractivity contribution in [2.24, 2.45) is 5.41 Å². The Morgan fingerprint density at radius 3 is 2.61 bits per heavy atom. The molecular weight excluding hydrogens is 233 g/mol. The second-order valence-electron chi connectivity index (χ2n) is 5.49. The maximum absolute atomic E-state index is 13.3. The number of benzene rings is 1. The quantitative estimate of drug-likeness (QED) is 0.827. The van der Waals surface area contributed by atoms with Crippen LogP contribution in [-0.4, -0.2) is 20.2 Å². The number of hydrogen-bond donors (Lipinski definition) is 1. The molecule has 96 valence electrons. The average Bonchev–Trinajstić information content (AvgIpc) is 2.61. The molecule has 0 radical (unpaired) electrons. The molecule has 0 saturated carbocycles. The van der Waals surface area contributed by atoms with Crippen LogP contribution in [0.4, 0.5) is 10.1 Å². The number of hydrogen-bond acceptors (Lipinski definition) is 4. The molecule has 5 nitrogen and oxygen atoms in total. The summed E-state index contributed by atoms with van der Waals surface area (Å²) in [4.78, 5) is 0. The minimum Gasteiger partial charge on any atom is -0.399 e. The lowest BCUT2D eigenvalue weighted by Gasteiger charge is -2.18. The summed E-state index contributed by atoms with van der Waals surface area (Å²) in [7, 11) is 0. The number of halogens is 1. The molecule has 1 heterocycles. The second kappa shape index (κ2) is 4.36. The molecule has 2 rings (SSSR count). The molecule has 1 aromatic carbocycles. The highest BCUT2D eigenvalue weighted by Gasteiger charge is 2.17. The van der Waals surface area contributed by atoms with Crippen molar-refractivity contribution in [3.05, 3.63) is 24.0 Å². The van der Waals surface area contributed by atoms with Gasteiger partial charge in [0.1, 0.15) is 5.82 Å². The summed E-state index contributed by atoms with van der Waals surface area (Å²) in [5, 5.41) is 11.5. The van der Waals surface area contributed by atoms with Gasteiger partial charge in [-0.05, 0) is 34.0 Å². The summed E-state index contributed by atoms with van der Waals surface area (Å²) in [5.41, 5.74) is 6.60. The van der Waals surface area contributed by atoms with Crippen molar-refractivity contribution in [1.82, 2.24) is 20.2 Å². The summed E-state index contributed by atoms with van der Waals surface area (Å²) in [5.74, 6) is 0.131. The van der Waals surface area contributed by atoms with Crippen LogP contribution in [-0.2, 0) is 6.54 Å². The molecular formula is C12H16FN5. The van der Waals surface area contributed by atoms with Gasteiger partial charge in [0, 0.05) is 17.8 Å². The lowest BCUT2D eigenvalue weighted by Crippen LogP contribution is -2.17. The number of aromatic nitrogens is 4. The van der Waals surface area contributed by atoms with Crippen LogP contribution in [0.3, 0.4) is 0 Å². The van der Waals surface area contributed by atoms with Crippen LogP contribution in [0.2, 0.25) is 0 Å². The normalized spacial score (nSPS) is 11.8. The molecule has 18 heavy (non-hydrogen) atoms. The number of tetrazole rings is 1. The van der Waals surface area contributed by atoms with Gasteiger partial charge in [0.15, 0.2) is 5.82 Å². The number of nitrogen functional groups attached to an aromatic ring is 1. The topological polar surface area (TPSA) is 69.6 Å². The Balaban J connectivity index is 2.42. The van der Waals surface area contributed by atoms with Crippen molar-refractivity contribution in [3.63, 3.8) is 0 Å². The van der Waals surface area contributed by atoms with E-state index in [9.17, 15) is 4.39 Å². The molecule has 0 fully saturated rings. The smallest absolute Gasteiger partial charge is 0.182 e. The minimum atomic E-state index is -0.393. The fourth-order valence-corrected chi connectivity index (χ4v) is 1.71. The van der Waals surface area contributed by atoms with E-state index in [1.165, 1.54) is 12.1 Å². The van der Waals surface area contributed by atoms with E-state index in [1.54, 1.807) is 10.7 Å². The highest BCUT2D eigenvalue weighted by Crippen LogP contribution is 2.23. The second-order valence-corrected chi connectivity index (χ2v) is 5.49. The van der Waals surface area contributed by atoms with Gasteiger partial charge in [0.05, 0.1) is 0 Å². The predicted octanol–water partition coefficient (Wildman–Crippen LogP) is 2.11. The lowest BCUT2D eigenvalue weighted by molar-refractivity contribution is 0.323. The van der Waals surface area contributed by atoms with E-state index in [1.807, 2.05) is 0 Å². The van der Waals surface area contributed by atoms with E-state index in [2.05, 4.69) is 36.3 Å². The molecule has 0 atom stereocenters. The van der Waals surface area contributed by atoms with Crippen LogP contribution in [0.5, 0.6) is 0 Å². The van der Waals surface area contributed by atoms with Crippen LogP contribution in [0.1, 0.15) is 20.8 Å². The van der Waals surface area contributed by atoms with Gasteiger partial charge in [-0.2, -0.15) is 0 Å². The summed E-state index contributed by atoms with van der Waals surface area (Å²) in [6.45, 7) is 6.89. The Kier molecular flexibility index (Phi) is 3.02. The van der Waals surface area contributed by atoms with Gasteiger partial charge < -0.3 is 5.73 Å². The fraction of sp³-hybridized carbons (Fsp3) is 0.417. The highest BCUT2D eigenvalue weighted by atomic mass is 19.1. The number of nitrogens with two attached hydrogens (primary N) is 1. The zero-order chi connectivity index (χ0) is 13.3. The molecule has 1 aromatic heterocycles. The molecule has 0 amide bonds. The first kappa shape index (κ1) is 12.5. The standard InChI is InChI=1S/C12H16FN5/c1-12(2,3)7-18-11(15-16-17-18)8-4-9(13)6-10(14)5-8/h4-6H,7,14H2,1-3H3. The van der Waals surface area contributed by atoms with Crippen molar-refractivity contribution >= 4 is 5.69 Å². The zero-order valence-corrected chi connectivity index (χ0v) is 10.7. The van der Waals surface area contributed by atoms with Gasteiger partial charge in [-0.3, -0.25) is 0 Å². The Hall–Kier alpha value is -1.98. The van der Waals surface area contributed by atoms with E-state index in [0.717, 1.165) is 0 Å². The Bertz CT molecular complexity index is 536. The minimum absolute atomic E-state index is 0.0308. The van der Waals surface area contributed by atoms with Crippen molar-refractivity contribution in [2.45, 2.75) is 27.3 Å². The third-order valence-corrected chi connectivity index (χ3v) is 2.33. The number of rotatable bonds is 2. The Morgan fingerprint density at radius 2 is 2.00 bits per heavy atom. The monoisotopic (exact) mass is 249 g/mol. The van der Waals surface area contributed by atoms with Crippen molar-refractivity contribution in [1.29, 1.82) is 0 Å². The molecule has 2 aromatic rings. The van der Waals surface area contributed by atoms with Crippen LogP contribution in [0.15, 0.2) is 18.2 Å².